The van der Waals surface area contributed by atoms with Crippen LogP contribution in [0.4, 0.5) is 10.2 Å². The van der Waals surface area contributed by atoms with Crippen molar-refractivity contribution in [2.24, 2.45) is 0 Å². The number of benzene rings is 2. The lowest BCUT2D eigenvalue weighted by molar-refractivity contribution is 0.264. The number of nitrogens with zero attached hydrogens (tertiary/aromatic N) is 5. The second-order valence-electron chi connectivity index (χ2n) is 9.07. The second-order valence-corrected chi connectivity index (χ2v) is 9.07. The van der Waals surface area contributed by atoms with E-state index < -0.39 is 0 Å². The molecule has 0 bridgehead atoms. The molecule has 0 aliphatic carbocycles. The van der Waals surface area contributed by atoms with Gasteiger partial charge in [0.2, 0.25) is 0 Å². The Hall–Kier alpha value is -2.90. The molecule has 3 aromatic rings. The van der Waals surface area contributed by atoms with Gasteiger partial charge in [-0.1, -0.05) is 32.9 Å². The number of likely N-dealkylation sites (N-methyl/N-ethyl adjacent to an activating group) is 1. The van der Waals surface area contributed by atoms with Crippen LogP contribution in [0.25, 0.3) is 5.69 Å². The maximum atomic E-state index is 13.7. The molecule has 1 fully saturated rings. The van der Waals surface area contributed by atoms with Gasteiger partial charge in [0.15, 0.2) is 0 Å². The number of rotatable bonds is 10. The molecule has 0 saturated carbocycles. The summed E-state index contributed by atoms with van der Waals surface area (Å²) in [6.45, 7) is 14.2. The minimum Gasteiger partial charge on any atom is -0.497 e. The van der Waals surface area contributed by atoms with Crippen molar-refractivity contribution in [3.63, 3.8) is 0 Å². The molecular weight excluding hydrogens is 441 g/mol. The van der Waals surface area contributed by atoms with Gasteiger partial charge < -0.3 is 14.5 Å². The third-order valence-corrected chi connectivity index (χ3v) is 6.93. The zero-order valence-electron chi connectivity index (χ0n) is 21.5. The van der Waals surface area contributed by atoms with Crippen LogP contribution in [0, 0.1) is 5.82 Å². The Bertz CT molecular complexity index is 1090. The Morgan fingerprint density at radius 2 is 1.71 bits per heavy atom. The number of aromatic nitrogens is 2. The van der Waals surface area contributed by atoms with Crippen LogP contribution in [0.5, 0.6) is 5.75 Å². The van der Waals surface area contributed by atoms with E-state index in [-0.39, 0.29) is 5.82 Å². The van der Waals surface area contributed by atoms with Crippen LogP contribution in [0.3, 0.4) is 0 Å². The van der Waals surface area contributed by atoms with E-state index in [1.54, 1.807) is 7.11 Å². The number of methoxy groups -OCH3 is 1. The van der Waals surface area contributed by atoms with E-state index in [2.05, 4.69) is 47.6 Å². The van der Waals surface area contributed by atoms with Gasteiger partial charge in [-0.2, -0.15) is 5.10 Å². The summed E-state index contributed by atoms with van der Waals surface area (Å²) in [5.41, 5.74) is 4.50. The van der Waals surface area contributed by atoms with E-state index in [1.165, 1.54) is 23.3 Å². The Labute approximate surface area is 208 Å². The molecule has 4 rings (SSSR count). The highest BCUT2D eigenvalue weighted by Crippen LogP contribution is 2.31. The first-order valence-electron chi connectivity index (χ1n) is 12.8. The molecule has 188 valence electrons. The van der Waals surface area contributed by atoms with E-state index in [1.807, 2.05) is 28.9 Å². The molecule has 2 aromatic carbocycles. The summed E-state index contributed by atoms with van der Waals surface area (Å²) < 4.78 is 21.2. The smallest absolute Gasteiger partial charge is 0.137 e. The van der Waals surface area contributed by atoms with Crippen LogP contribution in [0.1, 0.15) is 37.6 Å². The van der Waals surface area contributed by atoms with Crippen LogP contribution >= 0.6 is 0 Å². The van der Waals surface area contributed by atoms with Gasteiger partial charge in [-0.3, -0.25) is 4.90 Å². The SMILES string of the molecule is CCc1nn(-c2ccc(F)cc2)c(N2CCN(CC)CC2)c1CN(CC)Cc1cccc(OC)c1. The van der Waals surface area contributed by atoms with Gasteiger partial charge in [-0.25, -0.2) is 9.07 Å². The number of ether oxygens (including phenoxy) is 1. The van der Waals surface area contributed by atoms with Crippen molar-refractivity contribution in [1.29, 1.82) is 0 Å². The molecule has 0 spiro atoms. The Kier molecular flexibility index (Phi) is 8.42. The fourth-order valence-electron chi connectivity index (χ4n) is 4.83. The summed E-state index contributed by atoms with van der Waals surface area (Å²) in [7, 11) is 1.71. The average Bonchev–Trinajstić information content (AvgIpc) is 3.26. The summed E-state index contributed by atoms with van der Waals surface area (Å²) in [5.74, 6) is 1.80. The fraction of sp³-hybridized carbons (Fsp3) is 0.464. The lowest BCUT2D eigenvalue weighted by Crippen LogP contribution is -2.47. The molecular formula is C28H38FN5O. The number of aryl methyl sites for hydroxylation is 1. The lowest BCUT2D eigenvalue weighted by atomic mass is 10.1. The van der Waals surface area contributed by atoms with Crippen molar-refractivity contribution in [2.45, 2.75) is 40.3 Å². The number of hydrogen-bond acceptors (Lipinski definition) is 5. The lowest BCUT2D eigenvalue weighted by Gasteiger charge is -2.36. The molecule has 1 aliphatic heterocycles. The zero-order valence-corrected chi connectivity index (χ0v) is 21.5. The standard InChI is InChI=1S/C28H38FN5O/c1-5-27-26(21-32(7-3)20-22-9-8-10-25(19-22)35-4)28(33-17-15-31(6-2)16-18-33)34(30-27)24-13-11-23(29)12-14-24/h8-14,19H,5-7,15-18,20-21H2,1-4H3. The molecule has 1 aromatic heterocycles. The van der Waals surface area contributed by atoms with Crippen molar-refractivity contribution in [3.8, 4) is 11.4 Å². The van der Waals surface area contributed by atoms with Gasteiger partial charge in [0.25, 0.3) is 0 Å². The van der Waals surface area contributed by atoms with Gasteiger partial charge in [-0.15, -0.1) is 0 Å². The minimum atomic E-state index is -0.231. The third kappa shape index (κ3) is 5.85. The monoisotopic (exact) mass is 479 g/mol. The topological polar surface area (TPSA) is 36.8 Å². The number of halogens is 1. The maximum absolute atomic E-state index is 13.7. The van der Waals surface area contributed by atoms with Gasteiger partial charge >= 0.3 is 0 Å². The van der Waals surface area contributed by atoms with Gasteiger partial charge in [0, 0.05) is 44.8 Å². The summed E-state index contributed by atoms with van der Waals surface area (Å²) >= 11 is 0. The van der Waals surface area contributed by atoms with Gasteiger partial charge in [0.1, 0.15) is 17.4 Å². The highest BCUT2D eigenvalue weighted by atomic mass is 19.1. The average molecular weight is 480 g/mol. The molecule has 2 heterocycles. The molecule has 6 nitrogen and oxygen atoms in total. The molecule has 7 heteroatoms. The number of hydrogen-bond donors (Lipinski definition) is 0. The van der Waals surface area contributed by atoms with Crippen molar-refractivity contribution in [3.05, 3.63) is 71.2 Å². The second kappa shape index (κ2) is 11.7. The summed E-state index contributed by atoms with van der Waals surface area (Å²) in [4.78, 5) is 7.40. The van der Waals surface area contributed by atoms with Crippen LogP contribution in [0.2, 0.25) is 0 Å². The molecule has 0 radical (unpaired) electrons. The summed E-state index contributed by atoms with van der Waals surface area (Å²) in [6.07, 6.45) is 0.849. The number of piperazine rings is 1. The quantitative estimate of drug-likeness (QED) is 0.420. The minimum absolute atomic E-state index is 0.231. The Morgan fingerprint density at radius 3 is 2.34 bits per heavy atom. The molecule has 1 saturated heterocycles. The van der Waals surface area contributed by atoms with E-state index in [4.69, 9.17) is 9.84 Å². The first-order valence-corrected chi connectivity index (χ1v) is 12.8. The van der Waals surface area contributed by atoms with E-state index in [9.17, 15) is 4.39 Å². The van der Waals surface area contributed by atoms with E-state index >= 15 is 0 Å². The molecule has 0 N–H and O–H groups in total. The van der Waals surface area contributed by atoms with E-state index in [0.29, 0.717) is 0 Å². The van der Waals surface area contributed by atoms with E-state index in [0.717, 1.165) is 81.7 Å². The summed E-state index contributed by atoms with van der Waals surface area (Å²) in [6, 6.07) is 15.0. The molecule has 1 aliphatic rings. The van der Waals surface area contributed by atoms with Crippen molar-refractivity contribution in [1.82, 2.24) is 19.6 Å². The van der Waals surface area contributed by atoms with Gasteiger partial charge in [0.05, 0.1) is 18.5 Å². The molecule has 0 atom stereocenters. The molecule has 0 amide bonds. The normalized spacial score (nSPS) is 14.6. The van der Waals surface area contributed by atoms with Crippen LogP contribution in [-0.4, -0.2) is 66.0 Å². The largest absolute Gasteiger partial charge is 0.497 e. The van der Waals surface area contributed by atoms with Gasteiger partial charge in [-0.05, 0) is 61.5 Å². The molecule has 0 unspecified atom stereocenters. The zero-order chi connectivity index (χ0) is 24.8. The first kappa shape index (κ1) is 25.2. The van der Waals surface area contributed by atoms with Crippen molar-refractivity contribution in [2.75, 3.05) is 51.3 Å². The predicted molar refractivity (Wildman–Crippen MR) is 140 cm³/mol. The van der Waals surface area contributed by atoms with Crippen molar-refractivity contribution >= 4 is 5.82 Å². The predicted octanol–water partition coefficient (Wildman–Crippen LogP) is 4.75. The van der Waals surface area contributed by atoms with Crippen LogP contribution in [0.15, 0.2) is 48.5 Å². The molecule has 35 heavy (non-hydrogen) atoms. The maximum Gasteiger partial charge on any atom is 0.137 e. The summed E-state index contributed by atoms with van der Waals surface area (Å²) in [5, 5.41) is 5.06. The fourth-order valence-corrected chi connectivity index (χ4v) is 4.83. The Morgan fingerprint density at radius 1 is 0.971 bits per heavy atom. The Balaban J connectivity index is 1.70. The van der Waals surface area contributed by atoms with Crippen LogP contribution in [-0.2, 0) is 19.5 Å². The highest BCUT2D eigenvalue weighted by Gasteiger charge is 2.27. The third-order valence-electron chi connectivity index (χ3n) is 6.93. The number of anilines is 1. The first-order chi connectivity index (χ1) is 17.1. The van der Waals surface area contributed by atoms with Crippen molar-refractivity contribution < 1.29 is 9.13 Å². The van der Waals surface area contributed by atoms with Crippen LogP contribution < -0.4 is 9.64 Å². The highest BCUT2D eigenvalue weighted by molar-refractivity contribution is 5.56.